The standard InChI is InChI=1S/C35H37N5O7/c1-35(2,3)47-33(43)38-18-16-28(17-19-38)46-27-13-11-26(12-14-27)39(34(44)45-23-24-8-6-5-7-9-24)21-31-37-29-20-25(36-4)10-15-30(29)40(31)22-32(41)42/h5-15,20,28H,16-19,21-23H2,1-3H3,(H,41,42). The van der Waals surface area contributed by atoms with Gasteiger partial charge in [-0.15, -0.1) is 0 Å². The van der Waals surface area contributed by atoms with Crippen molar-refractivity contribution in [3.8, 4) is 5.75 Å². The molecule has 12 heteroatoms. The van der Waals surface area contributed by atoms with Gasteiger partial charge in [0, 0.05) is 31.6 Å². The van der Waals surface area contributed by atoms with E-state index in [0.29, 0.717) is 59.9 Å². The van der Waals surface area contributed by atoms with E-state index >= 15 is 0 Å². The highest BCUT2D eigenvalue weighted by atomic mass is 16.6. The van der Waals surface area contributed by atoms with Gasteiger partial charge in [-0.3, -0.25) is 9.69 Å². The molecule has 5 rings (SSSR count). The maximum Gasteiger partial charge on any atom is 0.415 e. The topological polar surface area (TPSA) is 128 Å². The highest BCUT2D eigenvalue weighted by molar-refractivity contribution is 5.88. The normalized spacial score (nSPS) is 13.5. The second kappa shape index (κ2) is 14.2. The summed E-state index contributed by atoms with van der Waals surface area (Å²) < 4.78 is 18.9. The average Bonchev–Trinajstić information content (AvgIpc) is 3.38. The summed E-state index contributed by atoms with van der Waals surface area (Å²) in [5.74, 6) is -0.151. The van der Waals surface area contributed by atoms with Crippen LogP contribution >= 0.6 is 0 Å². The van der Waals surface area contributed by atoms with Gasteiger partial charge in [0.25, 0.3) is 0 Å². The highest BCUT2D eigenvalue weighted by Crippen LogP contribution is 2.28. The van der Waals surface area contributed by atoms with Crippen LogP contribution in [0, 0.1) is 6.57 Å². The van der Waals surface area contributed by atoms with Crippen molar-refractivity contribution < 1.29 is 33.7 Å². The quantitative estimate of drug-likeness (QED) is 0.198. The molecule has 0 bridgehead atoms. The van der Waals surface area contributed by atoms with Crippen LogP contribution in [0.2, 0.25) is 0 Å². The molecule has 47 heavy (non-hydrogen) atoms. The Morgan fingerprint density at radius 2 is 1.72 bits per heavy atom. The Labute approximate surface area is 272 Å². The summed E-state index contributed by atoms with van der Waals surface area (Å²) in [5, 5.41) is 9.65. The SMILES string of the molecule is [C-]#[N+]c1ccc2c(c1)nc(CN(C(=O)OCc1ccccc1)c1ccc(OC3CCN(C(=O)OC(C)(C)C)CC3)cc1)n2CC(=O)O. The average molecular weight is 640 g/mol. The van der Waals surface area contributed by atoms with E-state index < -0.39 is 17.7 Å². The van der Waals surface area contributed by atoms with Crippen molar-refractivity contribution in [1.29, 1.82) is 0 Å². The van der Waals surface area contributed by atoms with Crippen LogP contribution in [0.3, 0.4) is 0 Å². The lowest BCUT2D eigenvalue weighted by Gasteiger charge is -2.33. The molecule has 12 nitrogen and oxygen atoms in total. The number of nitrogens with zero attached hydrogens (tertiary/aromatic N) is 5. The third kappa shape index (κ3) is 8.58. The van der Waals surface area contributed by atoms with Gasteiger partial charge < -0.3 is 28.8 Å². The van der Waals surface area contributed by atoms with Crippen LogP contribution in [0.15, 0.2) is 72.8 Å². The fourth-order valence-electron chi connectivity index (χ4n) is 5.25. The molecule has 3 aromatic carbocycles. The molecular formula is C35H37N5O7. The summed E-state index contributed by atoms with van der Waals surface area (Å²) in [7, 11) is 0. The van der Waals surface area contributed by atoms with E-state index in [1.807, 2.05) is 51.1 Å². The molecule has 244 valence electrons. The number of hydrogen-bond acceptors (Lipinski definition) is 7. The summed E-state index contributed by atoms with van der Waals surface area (Å²) in [6.07, 6.45) is 0.223. The number of carbonyl (C=O) groups excluding carboxylic acids is 2. The first-order valence-corrected chi connectivity index (χ1v) is 15.3. The van der Waals surface area contributed by atoms with Crippen molar-refractivity contribution in [2.24, 2.45) is 0 Å². The Balaban J connectivity index is 1.34. The Kier molecular flexibility index (Phi) is 9.94. The predicted octanol–water partition coefficient (Wildman–Crippen LogP) is 6.79. The van der Waals surface area contributed by atoms with Crippen molar-refractivity contribution in [2.45, 2.75) is 65.0 Å². The van der Waals surface area contributed by atoms with Crippen LogP contribution in [0.1, 0.15) is 45.0 Å². The molecule has 1 aliphatic rings. The Morgan fingerprint density at radius 1 is 1.02 bits per heavy atom. The van der Waals surface area contributed by atoms with Crippen LogP contribution in [0.4, 0.5) is 21.0 Å². The summed E-state index contributed by atoms with van der Waals surface area (Å²) >= 11 is 0. The number of imidazole rings is 1. The predicted molar refractivity (Wildman–Crippen MR) is 174 cm³/mol. The second-order valence-corrected chi connectivity index (χ2v) is 12.2. The fourth-order valence-corrected chi connectivity index (χ4v) is 5.25. The van der Waals surface area contributed by atoms with Crippen molar-refractivity contribution in [2.75, 3.05) is 18.0 Å². The minimum atomic E-state index is -1.07. The Bertz CT molecular complexity index is 1770. The van der Waals surface area contributed by atoms with Gasteiger partial charge >= 0.3 is 18.2 Å². The van der Waals surface area contributed by atoms with E-state index in [2.05, 4.69) is 9.83 Å². The number of carbonyl (C=O) groups is 3. The molecule has 2 amide bonds. The number of piperidine rings is 1. The number of hydrogen-bond donors (Lipinski definition) is 1. The van der Waals surface area contributed by atoms with Gasteiger partial charge in [0.15, 0.2) is 5.69 Å². The number of fused-ring (bicyclic) bond motifs is 1. The van der Waals surface area contributed by atoms with Gasteiger partial charge in [-0.1, -0.05) is 36.4 Å². The maximum absolute atomic E-state index is 13.6. The van der Waals surface area contributed by atoms with Crippen LogP contribution in [-0.2, 0) is 34.0 Å². The summed E-state index contributed by atoms with van der Waals surface area (Å²) in [5.41, 5.74) is 2.11. The molecule has 1 saturated heterocycles. The van der Waals surface area contributed by atoms with Crippen LogP contribution < -0.4 is 9.64 Å². The van der Waals surface area contributed by atoms with Gasteiger partial charge in [0.2, 0.25) is 0 Å². The number of benzene rings is 3. The summed E-state index contributed by atoms with van der Waals surface area (Å²) in [4.78, 5) is 48.9. The summed E-state index contributed by atoms with van der Waals surface area (Å²) in [6, 6.07) is 21.1. The molecule has 0 aliphatic carbocycles. The first kappa shape index (κ1) is 32.8. The number of ether oxygens (including phenoxy) is 3. The van der Waals surface area contributed by atoms with Crippen molar-refractivity contribution in [3.05, 3.63) is 95.6 Å². The van der Waals surface area contributed by atoms with Crippen molar-refractivity contribution in [3.63, 3.8) is 0 Å². The number of amides is 2. The number of carboxylic acids is 1. The number of aliphatic carboxylic acids is 1. The van der Waals surface area contributed by atoms with Crippen molar-refractivity contribution >= 4 is 40.6 Å². The minimum absolute atomic E-state index is 0.0409. The van der Waals surface area contributed by atoms with E-state index in [-0.39, 0.29) is 31.9 Å². The van der Waals surface area contributed by atoms with E-state index in [0.717, 1.165) is 5.56 Å². The van der Waals surface area contributed by atoms with Gasteiger partial charge in [0.05, 0.1) is 24.2 Å². The Morgan fingerprint density at radius 3 is 2.36 bits per heavy atom. The lowest BCUT2D eigenvalue weighted by Crippen LogP contribution is -2.44. The lowest BCUT2D eigenvalue weighted by molar-refractivity contribution is -0.137. The zero-order valence-electron chi connectivity index (χ0n) is 26.6. The number of carboxylic acid groups (broad SMARTS) is 1. The molecule has 1 aliphatic heterocycles. The van der Waals surface area contributed by atoms with E-state index in [1.165, 1.54) is 9.47 Å². The molecule has 0 spiro atoms. The molecular weight excluding hydrogens is 602 g/mol. The van der Waals surface area contributed by atoms with Gasteiger partial charge in [-0.05, 0) is 62.7 Å². The van der Waals surface area contributed by atoms with E-state index in [1.54, 1.807) is 47.4 Å². The third-order valence-corrected chi connectivity index (χ3v) is 7.50. The van der Waals surface area contributed by atoms with Crippen molar-refractivity contribution in [1.82, 2.24) is 14.5 Å². The molecule has 0 unspecified atom stereocenters. The largest absolute Gasteiger partial charge is 0.490 e. The van der Waals surface area contributed by atoms with Crippen LogP contribution in [-0.4, -0.2) is 62.5 Å². The number of anilines is 1. The lowest BCUT2D eigenvalue weighted by atomic mass is 10.1. The first-order valence-electron chi connectivity index (χ1n) is 15.3. The molecule has 1 N–H and O–H groups in total. The highest BCUT2D eigenvalue weighted by Gasteiger charge is 2.28. The van der Waals surface area contributed by atoms with Gasteiger partial charge in [0.1, 0.15) is 36.4 Å². The number of likely N-dealkylation sites (tertiary alicyclic amines) is 1. The van der Waals surface area contributed by atoms with E-state index in [9.17, 15) is 19.5 Å². The third-order valence-electron chi connectivity index (χ3n) is 7.50. The smallest absolute Gasteiger partial charge is 0.415 e. The van der Waals surface area contributed by atoms with Gasteiger partial charge in [-0.25, -0.2) is 19.4 Å². The monoisotopic (exact) mass is 639 g/mol. The van der Waals surface area contributed by atoms with E-state index in [4.69, 9.17) is 20.8 Å². The molecule has 0 radical (unpaired) electrons. The molecule has 2 heterocycles. The molecule has 0 atom stereocenters. The number of aromatic nitrogens is 2. The zero-order valence-corrected chi connectivity index (χ0v) is 26.6. The summed E-state index contributed by atoms with van der Waals surface area (Å²) in [6.45, 7) is 13.5. The fraction of sp³-hybridized carbons (Fsp3) is 0.343. The second-order valence-electron chi connectivity index (χ2n) is 12.2. The first-order chi connectivity index (χ1) is 22.5. The number of rotatable bonds is 9. The molecule has 1 aromatic heterocycles. The van der Waals surface area contributed by atoms with Gasteiger partial charge in [-0.2, -0.15) is 0 Å². The maximum atomic E-state index is 13.6. The molecule has 0 saturated carbocycles. The van der Waals surface area contributed by atoms with Crippen LogP contribution in [0.25, 0.3) is 15.9 Å². The van der Waals surface area contributed by atoms with Crippen LogP contribution in [0.5, 0.6) is 5.75 Å². The zero-order chi connectivity index (χ0) is 33.6. The molecule has 4 aromatic rings. The Hall–Kier alpha value is -5.57. The molecule has 1 fully saturated rings. The minimum Gasteiger partial charge on any atom is -0.490 e.